The fourth-order valence-corrected chi connectivity index (χ4v) is 3.03. The normalized spacial score (nSPS) is 11.1. The maximum atomic E-state index is 12.4. The zero-order valence-corrected chi connectivity index (χ0v) is 14.3. The second kappa shape index (κ2) is 6.44. The van der Waals surface area contributed by atoms with Crippen LogP contribution in [0.3, 0.4) is 0 Å². The molecule has 3 N–H and O–H groups in total. The summed E-state index contributed by atoms with van der Waals surface area (Å²) >= 11 is 0. The fraction of sp³-hybridized carbons (Fsp3) is 0.158. The summed E-state index contributed by atoms with van der Waals surface area (Å²) in [6, 6.07) is 15.3. The number of rotatable bonds is 4. The number of hydrogen-bond acceptors (Lipinski definition) is 5. The number of aryl methyl sites for hydroxylation is 1. The number of carbonyl (C=O) groups excluding carboxylic acids is 1. The highest BCUT2D eigenvalue weighted by Crippen LogP contribution is 2.20. The Morgan fingerprint density at radius 3 is 2.62 bits per heavy atom. The number of benzene rings is 2. The van der Waals surface area contributed by atoms with Crippen LogP contribution in [-0.2, 0) is 13.5 Å². The van der Waals surface area contributed by atoms with Gasteiger partial charge in [0.2, 0.25) is 0 Å². The summed E-state index contributed by atoms with van der Waals surface area (Å²) < 4.78 is 2.03. The maximum Gasteiger partial charge on any atom is 0.273 e. The molecule has 0 saturated heterocycles. The summed E-state index contributed by atoms with van der Waals surface area (Å²) in [4.78, 5) is 17.0. The number of aromatic nitrogens is 4. The first-order valence-electron chi connectivity index (χ1n) is 8.34. The van der Waals surface area contributed by atoms with Gasteiger partial charge in [0.05, 0.1) is 22.2 Å². The average Bonchev–Trinajstić information content (AvgIpc) is 2.98. The van der Waals surface area contributed by atoms with Crippen LogP contribution in [0.1, 0.15) is 16.3 Å². The monoisotopic (exact) mass is 346 g/mol. The Morgan fingerprint density at radius 1 is 1.08 bits per heavy atom. The van der Waals surface area contributed by atoms with E-state index in [1.54, 1.807) is 0 Å². The molecular formula is C19H18N6O. The minimum Gasteiger partial charge on any atom is -0.396 e. The third kappa shape index (κ3) is 2.73. The first-order valence-corrected chi connectivity index (χ1v) is 8.34. The van der Waals surface area contributed by atoms with Crippen LogP contribution in [0.4, 0.5) is 5.69 Å². The van der Waals surface area contributed by atoms with Crippen molar-refractivity contribution < 1.29 is 4.79 Å². The Morgan fingerprint density at radius 2 is 1.81 bits per heavy atom. The highest BCUT2D eigenvalue weighted by Gasteiger charge is 2.15. The van der Waals surface area contributed by atoms with Crippen LogP contribution in [0.25, 0.3) is 21.9 Å². The van der Waals surface area contributed by atoms with E-state index in [-0.39, 0.29) is 11.6 Å². The number of anilines is 1. The number of nitrogen functional groups attached to an aromatic ring is 1. The quantitative estimate of drug-likeness (QED) is 0.589. The van der Waals surface area contributed by atoms with Gasteiger partial charge in [0.25, 0.3) is 5.91 Å². The number of fused-ring (bicyclic) bond motifs is 2. The molecule has 4 rings (SSSR count). The van der Waals surface area contributed by atoms with Gasteiger partial charge in [-0.1, -0.05) is 30.3 Å². The van der Waals surface area contributed by atoms with Crippen molar-refractivity contribution in [3.8, 4) is 0 Å². The average molecular weight is 346 g/mol. The van der Waals surface area contributed by atoms with E-state index in [1.807, 2.05) is 60.1 Å². The van der Waals surface area contributed by atoms with Gasteiger partial charge in [-0.3, -0.25) is 4.79 Å². The van der Waals surface area contributed by atoms with E-state index in [1.165, 1.54) is 0 Å². The molecule has 0 radical (unpaired) electrons. The van der Waals surface area contributed by atoms with Gasteiger partial charge in [0.15, 0.2) is 5.69 Å². The van der Waals surface area contributed by atoms with E-state index in [4.69, 9.17) is 5.73 Å². The van der Waals surface area contributed by atoms with Crippen LogP contribution in [0.15, 0.2) is 48.5 Å². The highest BCUT2D eigenvalue weighted by molar-refractivity contribution is 6.04. The molecule has 0 fully saturated rings. The minimum atomic E-state index is -0.334. The second-order valence-corrected chi connectivity index (χ2v) is 6.06. The van der Waals surface area contributed by atoms with Crippen LogP contribution >= 0.6 is 0 Å². The lowest BCUT2D eigenvalue weighted by molar-refractivity contribution is 0.0949. The predicted octanol–water partition coefficient (Wildman–Crippen LogP) is 2.07. The summed E-state index contributed by atoms with van der Waals surface area (Å²) in [7, 11) is 1.97. The first-order chi connectivity index (χ1) is 12.6. The number of nitrogens with zero attached hydrogens (tertiary/aromatic N) is 4. The van der Waals surface area contributed by atoms with Crippen molar-refractivity contribution in [2.45, 2.75) is 6.42 Å². The van der Waals surface area contributed by atoms with Crippen molar-refractivity contribution in [1.29, 1.82) is 0 Å². The van der Waals surface area contributed by atoms with Gasteiger partial charge < -0.3 is 15.6 Å². The Bertz CT molecular complexity index is 1120. The van der Waals surface area contributed by atoms with Crippen molar-refractivity contribution in [3.05, 3.63) is 60.0 Å². The molecule has 0 aliphatic rings. The molecule has 0 bridgehead atoms. The van der Waals surface area contributed by atoms with E-state index in [9.17, 15) is 4.79 Å². The molecule has 2 aromatic heterocycles. The largest absolute Gasteiger partial charge is 0.396 e. The standard InChI is InChI=1S/C19H18N6O/c1-25-15-9-5-4-8-14(15)22-16(25)10-11-21-19(26)18-17(20)12-6-2-3-7-13(12)23-24-18/h2-9H,10-11H2,1H3,(H2,20,23)(H,21,26). The zero-order chi connectivity index (χ0) is 18.1. The van der Waals surface area contributed by atoms with Crippen molar-refractivity contribution in [3.63, 3.8) is 0 Å². The van der Waals surface area contributed by atoms with Gasteiger partial charge in [-0.25, -0.2) is 4.98 Å². The van der Waals surface area contributed by atoms with E-state index in [0.717, 1.165) is 22.2 Å². The molecule has 130 valence electrons. The lowest BCUT2D eigenvalue weighted by Crippen LogP contribution is -2.28. The van der Waals surface area contributed by atoms with Crippen LogP contribution in [0.5, 0.6) is 0 Å². The van der Waals surface area contributed by atoms with Crippen molar-refractivity contribution in [2.24, 2.45) is 7.05 Å². The van der Waals surface area contributed by atoms with Crippen molar-refractivity contribution >= 4 is 33.5 Å². The number of amides is 1. The highest BCUT2D eigenvalue weighted by atomic mass is 16.1. The molecular weight excluding hydrogens is 328 g/mol. The number of carbonyl (C=O) groups is 1. The Labute approximate surface area is 149 Å². The van der Waals surface area contributed by atoms with E-state index < -0.39 is 0 Å². The molecule has 0 saturated carbocycles. The van der Waals surface area contributed by atoms with E-state index >= 15 is 0 Å². The van der Waals surface area contributed by atoms with Crippen LogP contribution in [-0.4, -0.2) is 32.2 Å². The van der Waals surface area contributed by atoms with Gasteiger partial charge in [-0.2, -0.15) is 0 Å². The first kappa shape index (κ1) is 16.0. The molecule has 2 aromatic carbocycles. The molecule has 26 heavy (non-hydrogen) atoms. The lowest BCUT2D eigenvalue weighted by atomic mass is 10.1. The third-order valence-electron chi connectivity index (χ3n) is 4.44. The Balaban J connectivity index is 1.49. The summed E-state index contributed by atoms with van der Waals surface area (Å²) in [5.41, 5.74) is 9.27. The number of para-hydroxylation sites is 2. The summed E-state index contributed by atoms with van der Waals surface area (Å²) in [6.07, 6.45) is 0.609. The lowest BCUT2D eigenvalue weighted by Gasteiger charge is -2.08. The number of nitrogens with two attached hydrogens (primary N) is 1. The Kier molecular flexibility index (Phi) is 3.96. The van der Waals surface area contributed by atoms with Crippen molar-refractivity contribution in [2.75, 3.05) is 12.3 Å². The van der Waals surface area contributed by atoms with Gasteiger partial charge in [-0.05, 0) is 18.2 Å². The van der Waals surface area contributed by atoms with Gasteiger partial charge >= 0.3 is 0 Å². The number of imidazole rings is 1. The molecule has 7 nitrogen and oxygen atoms in total. The molecule has 7 heteroatoms. The Hall–Kier alpha value is -3.48. The second-order valence-electron chi connectivity index (χ2n) is 6.06. The molecule has 0 aliphatic heterocycles. The van der Waals surface area contributed by atoms with E-state index in [2.05, 4.69) is 20.5 Å². The van der Waals surface area contributed by atoms with Gasteiger partial charge in [0.1, 0.15) is 5.82 Å². The van der Waals surface area contributed by atoms with Crippen LogP contribution in [0.2, 0.25) is 0 Å². The topological polar surface area (TPSA) is 98.7 Å². The summed E-state index contributed by atoms with van der Waals surface area (Å²) in [6.45, 7) is 0.434. The molecule has 0 atom stereocenters. The predicted molar refractivity (Wildman–Crippen MR) is 101 cm³/mol. The molecule has 2 heterocycles. The van der Waals surface area contributed by atoms with Crippen LogP contribution in [0, 0.1) is 0 Å². The molecule has 0 aliphatic carbocycles. The molecule has 4 aromatic rings. The summed E-state index contributed by atoms with van der Waals surface area (Å²) in [5.74, 6) is 0.573. The minimum absolute atomic E-state index is 0.147. The zero-order valence-electron chi connectivity index (χ0n) is 14.3. The van der Waals surface area contributed by atoms with Gasteiger partial charge in [-0.15, -0.1) is 10.2 Å². The number of nitrogens with one attached hydrogen (secondary N) is 1. The molecule has 0 spiro atoms. The molecule has 0 unspecified atom stereocenters. The smallest absolute Gasteiger partial charge is 0.273 e. The number of hydrogen-bond donors (Lipinski definition) is 2. The van der Waals surface area contributed by atoms with E-state index in [0.29, 0.717) is 24.2 Å². The maximum absolute atomic E-state index is 12.4. The summed E-state index contributed by atoms with van der Waals surface area (Å²) in [5, 5.41) is 11.6. The fourth-order valence-electron chi connectivity index (χ4n) is 3.03. The van der Waals surface area contributed by atoms with Gasteiger partial charge in [0, 0.05) is 25.4 Å². The SMILES string of the molecule is Cn1c(CCNC(=O)c2nnc3ccccc3c2N)nc2ccccc21. The van der Waals surface area contributed by atoms with Crippen LogP contribution < -0.4 is 11.1 Å². The van der Waals surface area contributed by atoms with Crippen molar-refractivity contribution in [1.82, 2.24) is 25.1 Å². The molecule has 1 amide bonds. The third-order valence-corrected chi connectivity index (χ3v) is 4.44.